The smallest absolute Gasteiger partial charge is 0.209 e. The summed E-state index contributed by atoms with van der Waals surface area (Å²) in [6, 6.07) is 15.0. The summed E-state index contributed by atoms with van der Waals surface area (Å²) in [6.07, 6.45) is 0. The number of aromatic nitrogens is 3. The molecule has 0 aliphatic heterocycles. The molecule has 0 aliphatic rings. The molecule has 3 nitrogen and oxygen atoms in total. The fourth-order valence-corrected chi connectivity index (χ4v) is 2.95. The largest absolute Gasteiger partial charge is 0.262 e. The predicted octanol–water partition coefficient (Wildman–Crippen LogP) is 4.12. The van der Waals surface area contributed by atoms with Gasteiger partial charge in [0.25, 0.3) is 0 Å². The number of aryl methyl sites for hydroxylation is 1. The number of hydrogen-bond donors (Lipinski definition) is 1. The zero-order valence-electron chi connectivity index (χ0n) is 10.9. The van der Waals surface area contributed by atoms with Gasteiger partial charge >= 0.3 is 0 Å². The Morgan fingerprint density at radius 2 is 1.89 bits per heavy atom. The van der Waals surface area contributed by atoms with Crippen molar-refractivity contribution in [2.75, 3.05) is 0 Å². The second-order valence-corrected chi connectivity index (χ2v) is 5.88. The van der Waals surface area contributed by atoms with E-state index in [9.17, 15) is 0 Å². The highest BCUT2D eigenvalue weighted by Gasteiger charge is 2.11. The van der Waals surface area contributed by atoms with E-state index in [4.69, 9.17) is 0 Å². The number of thioether (sulfide) groups is 1. The van der Waals surface area contributed by atoms with Crippen LogP contribution in [0.4, 0.5) is 0 Å². The standard InChI is InChI=1S/C15H15N3S/c1-10(19-15-16-11(2)17-18-15)13-8-7-12-5-3-4-6-14(12)9-13/h3-10H,1-2H3,(H,16,17,18). The van der Waals surface area contributed by atoms with Crippen LogP contribution in [0.1, 0.15) is 23.6 Å². The molecule has 96 valence electrons. The lowest BCUT2D eigenvalue weighted by molar-refractivity contribution is 0.958. The van der Waals surface area contributed by atoms with Crippen molar-refractivity contribution in [2.45, 2.75) is 24.3 Å². The SMILES string of the molecule is Cc1nc(SC(C)c2ccc3ccccc3c2)n[nH]1. The predicted molar refractivity (Wildman–Crippen MR) is 79.3 cm³/mol. The van der Waals surface area contributed by atoms with Crippen molar-refractivity contribution in [3.63, 3.8) is 0 Å². The summed E-state index contributed by atoms with van der Waals surface area (Å²) in [6.45, 7) is 4.10. The molecule has 0 saturated heterocycles. The van der Waals surface area contributed by atoms with Crippen molar-refractivity contribution in [1.82, 2.24) is 15.2 Å². The van der Waals surface area contributed by atoms with Crippen LogP contribution in [0.15, 0.2) is 47.6 Å². The molecule has 0 fully saturated rings. The van der Waals surface area contributed by atoms with Gasteiger partial charge in [0.2, 0.25) is 5.16 Å². The van der Waals surface area contributed by atoms with E-state index < -0.39 is 0 Å². The minimum atomic E-state index is 0.333. The zero-order chi connectivity index (χ0) is 13.2. The van der Waals surface area contributed by atoms with E-state index >= 15 is 0 Å². The molecular formula is C15H15N3S. The Balaban J connectivity index is 1.86. The van der Waals surface area contributed by atoms with Crippen molar-refractivity contribution in [3.8, 4) is 0 Å². The Kier molecular flexibility index (Phi) is 3.25. The van der Waals surface area contributed by atoms with Gasteiger partial charge < -0.3 is 0 Å². The average molecular weight is 269 g/mol. The molecular weight excluding hydrogens is 254 g/mol. The van der Waals surface area contributed by atoms with Crippen molar-refractivity contribution < 1.29 is 0 Å². The fourth-order valence-electron chi connectivity index (χ4n) is 2.06. The topological polar surface area (TPSA) is 41.6 Å². The van der Waals surface area contributed by atoms with Crippen molar-refractivity contribution in [2.24, 2.45) is 0 Å². The van der Waals surface area contributed by atoms with Gasteiger partial charge in [0, 0.05) is 5.25 Å². The van der Waals surface area contributed by atoms with E-state index in [1.54, 1.807) is 11.8 Å². The lowest BCUT2D eigenvalue weighted by Crippen LogP contribution is -1.89. The summed E-state index contributed by atoms with van der Waals surface area (Å²) in [5.74, 6) is 0.855. The maximum atomic E-state index is 4.33. The maximum absolute atomic E-state index is 4.33. The van der Waals surface area contributed by atoms with Gasteiger partial charge in [-0.2, -0.15) is 0 Å². The van der Waals surface area contributed by atoms with Gasteiger partial charge in [0.05, 0.1) is 0 Å². The lowest BCUT2D eigenvalue weighted by atomic mass is 10.1. The van der Waals surface area contributed by atoms with E-state index in [0.717, 1.165) is 11.0 Å². The van der Waals surface area contributed by atoms with Crippen LogP contribution in [-0.2, 0) is 0 Å². The summed E-state index contributed by atoms with van der Waals surface area (Å²) in [4.78, 5) is 4.33. The number of aromatic amines is 1. The third-order valence-corrected chi connectivity index (χ3v) is 4.12. The first-order chi connectivity index (χ1) is 9.22. The summed E-state index contributed by atoms with van der Waals surface area (Å²) >= 11 is 1.67. The molecule has 0 amide bonds. The Bertz CT molecular complexity index is 705. The molecule has 3 rings (SSSR count). The summed E-state index contributed by atoms with van der Waals surface area (Å²) < 4.78 is 0. The lowest BCUT2D eigenvalue weighted by Gasteiger charge is -2.10. The van der Waals surface area contributed by atoms with Gasteiger partial charge in [-0.3, -0.25) is 5.10 Å². The van der Waals surface area contributed by atoms with Crippen LogP contribution in [-0.4, -0.2) is 15.2 Å². The van der Waals surface area contributed by atoms with E-state index in [2.05, 4.69) is 64.6 Å². The number of nitrogens with zero attached hydrogens (tertiary/aromatic N) is 2. The van der Waals surface area contributed by atoms with E-state index in [1.807, 2.05) is 6.92 Å². The van der Waals surface area contributed by atoms with E-state index in [1.165, 1.54) is 16.3 Å². The Labute approximate surface area is 116 Å². The first-order valence-corrected chi connectivity index (χ1v) is 7.15. The molecule has 1 aromatic heterocycles. The molecule has 0 aliphatic carbocycles. The normalized spacial score (nSPS) is 12.7. The van der Waals surface area contributed by atoms with Crippen molar-refractivity contribution >= 4 is 22.5 Å². The molecule has 1 unspecified atom stereocenters. The van der Waals surface area contributed by atoms with Gasteiger partial charge in [0.15, 0.2) is 0 Å². The first kappa shape index (κ1) is 12.2. The molecule has 4 heteroatoms. The highest BCUT2D eigenvalue weighted by Crippen LogP contribution is 2.33. The van der Waals surface area contributed by atoms with Gasteiger partial charge in [-0.05, 0) is 30.2 Å². The highest BCUT2D eigenvalue weighted by atomic mass is 32.2. The number of rotatable bonds is 3. The minimum absolute atomic E-state index is 0.333. The van der Waals surface area contributed by atoms with Crippen LogP contribution in [0.25, 0.3) is 10.8 Å². The summed E-state index contributed by atoms with van der Waals surface area (Å²) in [5.41, 5.74) is 1.30. The molecule has 0 bridgehead atoms. The number of benzene rings is 2. The Morgan fingerprint density at radius 1 is 1.11 bits per heavy atom. The number of hydrogen-bond acceptors (Lipinski definition) is 3. The molecule has 1 atom stereocenters. The van der Waals surface area contributed by atoms with Crippen LogP contribution < -0.4 is 0 Å². The Hall–Kier alpha value is -1.81. The van der Waals surface area contributed by atoms with Gasteiger partial charge in [0.1, 0.15) is 5.82 Å². The summed E-state index contributed by atoms with van der Waals surface area (Å²) in [5, 5.41) is 10.7. The van der Waals surface area contributed by atoms with Crippen LogP contribution in [0.3, 0.4) is 0 Å². The maximum Gasteiger partial charge on any atom is 0.209 e. The van der Waals surface area contributed by atoms with Gasteiger partial charge in [-0.15, -0.1) is 5.10 Å². The minimum Gasteiger partial charge on any atom is -0.262 e. The number of fused-ring (bicyclic) bond motifs is 1. The average Bonchev–Trinajstić information content (AvgIpc) is 2.83. The monoisotopic (exact) mass is 269 g/mol. The first-order valence-electron chi connectivity index (χ1n) is 6.27. The van der Waals surface area contributed by atoms with Gasteiger partial charge in [-0.25, -0.2) is 4.98 Å². The molecule has 19 heavy (non-hydrogen) atoms. The highest BCUT2D eigenvalue weighted by molar-refractivity contribution is 7.99. The van der Waals surface area contributed by atoms with E-state index in [-0.39, 0.29) is 0 Å². The molecule has 0 spiro atoms. The van der Waals surface area contributed by atoms with Crippen LogP contribution >= 0.6 is 11.8 Å². The molecule has 3 aromatic rings. The second-order valence-electron chi connectivity index (χ2n) is 4.57. The van der Waals surface area contributed by atoms with Gasteiger partial charge in [-0.1, -0.05) is 54.2 Å². The molecule has 0 radical (unpaired) electrons. The van der Waals surface area contributed by atoms with Crippen LogP contribution in [0.2, 0.25) is 0 Å². The second kappa shape index (κ2) is 5.05. The third kappa shape index (κ3) is 2.63. The Morgan fingerprint density at radius 3 is 2.63 bits per heavy atom. The summed E-state index contributed by atoms with van der Waals surface area (Å²) in [7, 11) is 0. The van der Waals surface area contributed by atoms with Crippen LogP contribution in [0, 0.1) is 6.92 Å². The molecule has 0 saturated carbocycles. The fraction of sp³-hybridized carbons (Fsp3) is 0.200. The number of nitrogens with one attached hydrogen (secondary N) is 1. The van der Waals surface area contributed by atoms with E-state index in [0.29, 0.717) is 5.25 Å². The molecule has 1 N–H and O–H groups in total. The quantitative estimate of drug-likeness (QED) is 0.727. The van der Waals surface area contributed by atoms with Crippen molar-refractivity contribution in [3.05, 3.63) is 53.9 Å². The zero-order valence-corrected chi connectivity index (χ0v) is 11.7. The van der Waals surface area contributed by atoms with Crippen molar-refractivity contribution in [1.29, 1.82) is 0 Å². The molecule has 2 aromatic carbocycles. The third-order valence-electron chi connectivity index (χ3n) is 3.10. The number of H-pyrrole nitrogens is 1. The molecule has 1 heterocycles. The van der Waals surface area contributed by atoms with Crippen LogP contribution in [0.5, 0.6) is 0 Å².